The summed E-state index contributed by atoms with van der Waals surface area (Å²) in [6.45, 7) is 7.24. The molecule has 1 aliphatic rings. The predicted octanol–water partition coefficient (Wildman–Crippen LogP) is 4.95. The van der Waals surface area contributed by atoms with Crippen LogP contribution in [0.1, 0.15) is 31.1 Å². The number of nitrogens with zero attached hydrogens (tertiary/aromatic N) is 1. The number of benzene rings is 2. The Labute approximate surface area is 146 Å². The molecule has 0 spiro atoms. The fraction of sp³-hybridized carbons (Fsp3) is 0.368. The van der Waals surface area contributed by atoms with E-state index in [1.54, 1.807) is 0 Å². The molecule has 1 aliphatic heterocycles. The Hall–Kier alpha value is -1.52. The van der Waals surface area contributed by atoms with Crippen molar-refractivity contribution < 1.29 is 9.47 Å². The minimum absolute atomic E-state index is 0.124. The molecule has 0 saturated carbocycles. The molecule has 2 aromatic rings. The quantitative estimate of drug-likeness (QED) is 0.757. The van der Waals surface area contributed by atoms with Crippen molar-refractivity contribution >= 4 is 21.6 Å². The van der Waals surface area contributed by atoms with Crippen molar-refractivity contribution in [1.82, 2.24) is 0 Å². The van der Waals surface area contributed by atoms with E-state index < -0.39 is 0 Å². The van der Waals surface area contributed by atoms with Crippen LogP contribution in [0, 0.1) is 0 Å². The standard InChI is InChI=1S/C19H22BrNO2/c1-3-22-16-7-4-6-15(12-16)21-10-11-23-14(2)17-8-5-9-19(20)18(17)13-21/h4-9,12,14H,3,10-11,13H2,1-2H3. The Bertz CT molecular complexity index is 674. The SMILES string of the molecule is CCOc1cccc(N2CCOC(C)c3cccc(Br)c3C2)c1. The van der Waals surface area contributed by atoms with Gasteiger partial charge in [0.1, 0.15) is 5.75 Å². The number of ether oxygens (including phenoxy) is 2. The van der Waals surface area contributed by atoms with Crippen LogP contribution in [-0.4, -0.2) is 19.8 Å². The zero-order valence-corrected chi connectivity index (χ0v) is 15.2. The van der Waals surface area contributed by atoms with E-state index in [4.69, 9.17) is 9.47 Å². The van der Waals surface area contributed by atoms with Gasteiger partial charge in [0.25, 0.3) is 0 Å². The summed E-state index contributed by atoms with van der Waals surface area (Å²) in [5.41, 5.74) is 3.71. The molecule has 0 amide bonds. The lowest BCUT2D eigenvalue weighted by Crippen LogP contribution is -2.30. The summed E-state index contributed by atoms with van der Waals surface area (Å²) >= 11 is 3.70. The van der Waals surface area contributed by atoms with Crippen LogP contribution in [0.5, 0.6) is 5.75 Å². The normalized spacial score (nSPS) is 18.0. The molecule has 3 rings (SSSR count). The van der Waals surface area contributed by atoms with Crippen LogP contribution in [-0.2, 0) is 11.3 Å². The van der Waals surface area contributed by atoms with E-state index >= 15 is 0 Å². The van der Waals surface area contributed by atoms with E-state index in [1.165, 1.54) is 11.1 Å². The van der Waals surface area contributed by atoms with Crippen LogP contribution in [0.4, 0.5) is 5.69 Å². The van der Waals surface area contributed by atoms with E-state index in [-0.39, 0.29) is 6.10 Å². The number of fused-ring (bicyclic) bond motifs is 1. The Morgan fingerprint density at radius 3 is 2.91 bits per heavy atom. The highest BCUT2D eigenvalue weighted by Gasteiger charge is 2.20. The van der Waals surface area contributed by atoms with Crippen molar-refractivity contribution in [1.29, 1.82) is 0 Å². The molecule has 122 valence electrons. The van der Waals surface area contributed by atoms with Gasteiger partial charge in [-0.3, -0.25) is 0 Å². The third-order valence-electron chi connectivity index (χ3n) is 4.16. The van der Waals surface area contributed by atoms with Crippen LogP contribution >= 0.6 is 15.9 Å². The van der Waals surface area contributed by atoms with Gasteiger partial charge in [0.15, 0.2) is 0 Å². The number of hydrogen-bond acceptors (Lipinski definition) is 3. The first-order valence-electron chi connectivity index (χ1n) is 8.05. The maximum absolute atomic E-state index is 6.00. The molecule has 0 fully saturated rings. The summed E-state index contributed by atoms with van der Waals surface area (Å²) < 4.78 is 12.8. The predicted molar refractivity (Wildman–Crippen MR) is 97.2 cm³/mol. The molecule has 4 heteroatoms. The highest BCUT2D eigenvalue weighted by Crippen LogP contribution is 2.32. The maximum Gasteiger partial charge on any atom is 0.121 e. The molecule has 1 heterocycles. The van der Waals surface area contributed by atoms with Crippen molar-refractivity contribution in [3.8, 4) is 5.75 Å². The van der Waals surface area contributed by atoms with E-state index in [0.717, 1.165) is 29.0 Å². The van der Waals surface area contributed by atoms with E-state index in [0.29, 0.717) is 13.2 Å². The maximum atomic E-state index is 6.00. The Morgan fingerprint density at radius 2 is 2.09 bits per heavy atom. The third-order valence-corrected chi connectivity index (χ3v) is 4.91. The molecule has 3 nitrogen and oxygen atoms in total. The zero-order valence-electron chi connectivity index (χ0n) is 13.6. The Morgan fingerprint density at radius 1 is 1.26 bits per heavy atom. The van der Waals surface area contributed by atoms with Crippen molar-refractivity contribution in [2.24, 2.45) is 0 Å². The topological polar surface area (TPSA) is 21.7 Å². The van der Waals surface area contributed by atoms with E-state index in [2.05, 4.69) is 58.1 Å². The summed E-state index contributed by atoms with van der Waals surface area (Å²) in [7, 11) is 0. The van der Waals surface area contributed by atoms with Crippen LogP contribution in [0.15, 0.2) is 46.9 Å². The third kappa shape index (κ3) is 3.70. The minimum Gasteiger partial charge on any atom is -0.494 e. The molecule has 0 bridgehead atoms. The van der Waals surface area contributed by atoms with Gasteiger partial charge in [0.2, 0.25) is 0 Å². The highest BCUT2D eigenvalue weighted by molar-refractivity contribution is 9.10. The van der Waals surface area contributed by atoms with Crippen molar-refractivity contribution in [2.75, 3.05) is 24.7 Å². The molecular formula is C19H22BrNO2. The van der Waals surface area contributed by atoms with E-state index in [1.807, 2.05) is 19.1 Å². The molecule has 1 unspecified atom stereocenters. The number of halogens is 1. The van der Waals surface area contributed by atoms with Crippen LogP contribution in [0.2, 0.25) is 0 Å². The van der Waals surface area contributed by atoms with Crippen molar-refractivity contribution in [3.63, 3.8) is 0 Å². The summed E-state index contributed by atoms with van der Waals surface area (Å²) in [5.74, 6) is 0.911. The first kappa shape index (κ1) is 16.3. The van der Waals surface area contributed by atoms with E-state index in [9.17, 15) is 0 Å². The molecule has 23 heavy (non-hydrogen) atoms. The van der Waals surface area contributed by atoms with Gasteiger partial charge in [-0.15, -0.1) is 0 Å². The lowest BCUT2D eigenvalue weighted by Gasteiger charge is -2.31. The summed E-state index contributed by atoms with van der Waals surface area (Å²) in [4.78, 5) is 2.35. The van der Waals surface area contributed by atoms with Gasteiger partial charge < -0.3 is 14.4 Å². The largest absolute Gasteiger partial charge is 0.494 e. The Balaban J connectivity index is 1.94. The lowest BCUT2D eigenvalue weighted by molar-refractivity contribution is 0.0672. The molecule has 2 aromatic carbocycles. The number of anilines is 1. The number of hydrogen-bond donors (Lipinski definition) is 0. The van der Waals surface area contributed by atoms with Crippen LogP contribution in [0.3, 0.4) is 0 Å². The molecule has 0 aromatic heterocycles. The average molecular weight is 376 g/mol. The molecule has 0 aliphatic carbocycles. The van der Waals surface area contributed by atoms with Gasteiger partial charge >= 0.3 is 0 Å². The average Bonchev–Trinajstić information content (AvgIpc) is 2.54. The lowest BCUT2D eigenvalue weighted by atomic mass is 10.0. The second-order valence-corrected chi connectivity index (χ2v) is 6.53. The van der Waals surface area contributed by atoms with Gasteiger partial charge in [0, 0.05) is 29.3 Å². The zero-order chi connectivity index (χ0) is 16.2. The second kappa shape index (κ2) is 7.37. The first-order chi connectivity index (χ1) is 11.2. The van der Waals surface area contributed by atoms with Gasteiger partial charge in [0.05, 0.1) is 19.3 Å². The Kier molecular flexibility index (Phi) is 5.23. The number of rotatable bonds is 3. The van der Waals surface area contributed by atoms with Gasteiger partial charge in [-0.2, -0.15) is 0 Å². The molecule has 0 radical (unpaired) electrons. The van der Waals surface area contributed by atoms with Crippen molar-refractivity contribution in [2.45, 2.75) is 26.5 Å². The van der Waals surface area contributed by atoms with Gasteiger partial charge in [-0.05, 0) is 43.2 Å². The molecule has 0 saturated heterocycles. The summed E-state index contributed by atoms with van der Waals surface area (Å²) in [6, 6.07) is 14.6. The van der Waals surface area contributed by atoms with Crippen LogP contribution < -0.4 is 9.64 Å². The highest BCUT2D eigenvalue weighted by atomic mass is 79.9. The minimum atomic E-state index is 0.124. The second-order valence-electron chi connectivity index (χ2n) is 5.67. The summed E-state index contributed by atoms with van der Waals surface area (Å²) in [6.07, 6.45) is 0.124. The summed E-state index contributed by atoms with van der Waals surface area (Å²) in [5, 5.41) is 0. The van der Waals surface area contributed by atoms with Gasteiger partial charge in [-0.1, -0.05) is 34.1 Å². The smallest absolute Gasteiger partial charge is 0.121 e. The molecular weight excluding hydrogens is 354 g/mol. The van der Waals surface area contributed by atoms with Gasteiger partial charge in [-0.25, -0.2) is 0 Å². The first-order valence-corrected chi connectivity index (χ1v) is 8.85. The van der Waals surface area contributed by atoms with Crippen molar-refractivity contribution in [3.05, 3.63) is 58.1 Å². The monoisotopic (exact) mass is 375 g/mol. The molecule has 0 N–H and O–H groups in total. The van der Waals surface area contributed by atoms with Crippen LogP contribution in [0.25, 0.3) is 0 Å². The molecule has 1 atom stereocenters. The fourth-order valence-corrected chi connectivity index (χ4v) is 3.49. The fourth-order valence-electron chi connectivity index (χ4n) is 2.98.